The highest BCUT2D eigenvalue weighted by Gasteiger charge is 2.25. The van der Waals surface area contributed by atoms with Crippen LogP contribution in [0.15, 0.2) is 66.7 Å². The molecule has 0 aliphatic carbocycles. The average Bonchev–Trinajstić information content (AvgIpc) is 3.14. The van der Waals surface area contributed by atoms with E-state index in [0.29, 0.717) is 5.69 Å². The summed E-state index contributed by atoms with van der Waals surface area (Å²) in [7, 11) is -3.94. The molecule has 6 nitrogen and oxygen atoms in total. The number of aryl methyl sites for hydroxylation is 2. The van der Waals surface area contributed by atoms with Gasteiger partial charge in [0.05, 0.1) is 22.4 Å². The second-order valence-corrected chi connectivity index (χ2v) is 10.7. The van der Waals surface area contributed by atoms with Crippen molar-refractivity contribution in [1.82, 2.24) is 4.98 Å². The SMILES string of the molecule is Cc1cccc(CN(c2ccc(-c3nc4ccc(C)cc4s3)cc2)S(=O)(=O)CC(N)=O)c1. The van der Waals surface area contributed by atoms with Crippen LogP contribution in [0.4, 0.5) is 5.69 Å². The number of aromatic nitrogens is 1. The summed E-state index contributed by atoms with van der Waals surface area (Å²) in [4.78, 5) is 16.1. The lowest BCUT2D eigenvalue weighted by atomic mass is 10.1. The topological polar surface area (TPSA) is 93.4 Å². The van der Waals surface area contributed by atoms with Crippen molar-refractivity contribution in [2.75, 3.05) is 10.1 Å². The van der Waals surface area contributed by atoms with Gasteiger partial charge < -0.3 is 5.73 Å². The van der Waals surface area contributed by atoms with E-state index >= 15 is 0 Å². The maximum Gasteiger partial charge on any atom is 0.244 e. The van der Waals surface area contributed by atoms with Crippen molar-refractivity contribution in [2.24, 2.45) is 5.73 Å². The number of amides is 1. The Morgan fingerprint density at radius 3 is 2.41 bits per heavy atom. The van der Waals surface area contributed by atoms with Crippen molar-refractivity contribution >= 4 is 43.2 Å². The summed E-state index contributed by atoms with van der Waals surface area (Å²) in [5.41, 5.74) is 10.5. The predicted molar refractivity (Wildman–Crippen MR) is 130 cm³/mol. The summed E-state index contributed by atoms with van der Waals surface area (Å²) >= 11 is 1.59. The van der Waals surface area contributed by atoms with Crippen LogP contribution < -0.4 is 10.0 Å². The van der Waals surface area contributed by atoms with Gasteiger partial charge in [-0.3, -0.25) is 9.10 Å². The molecule has 2 N–H and O–H groups in total. The third kappa shape index (κ3) is 4.81. The van der Waals surface area contributed by atoms with E-state index in [1.165, 1.54) is 9.87 Å². The van der Waals surface area contributed by atoms with Crippen LogP contribution in [0.3, 0.4) is 0 Å². The molecule has 0 atom stereocenters. The highest BCUT2D eigenvalue weighted by Crippen LogP contribution is 2.32. The largest absolute Gasteiger partial charge is 0.369 e. The van der Waals surface area contributed by atoms with Crippen molar-refractivity contribution in [3.63, 3.8) is 0 Å². The zero-order valence-electron chi connectivity index (χ0n) is 17.8. The number of nitrogens with zero attached hydrogens (tertiary/aromatic N) is 2. The van der Waals surface area contributed by atoms with E-state index in [4.69, 9.17) is 5.73 Å². The summed E-state index contributed by atoms with van der Waals surface area (Å²) in [6, 6.07) is 20.9. The standard InChI is InChI=1S/C24H23N3O3S2/c1-16-4-3-5-18(12-16)14-27(32(29,30)15-23(25)28)20-9-7-19(8-10-20)24-26-21-11-6-17(2)13-22(21)31-24/h3-13H,14-15H2,1-2H3,(H2,25,28). The van der Waals surface area contributed by atoms with Crippen molar-refractivity contribution in [3.05, 3.63) is 83.4 Å². The molecule has 4 rings (SSSR count). The molecule has 0 aliphatic rings. The van der Waals surface area contributed by atoms with Gasteiger partial charge in [-0.25, -0.2) is 13.4 Å². The molecular formula is C24H23N3O3S2. The fourth-order valence-electron chi connectivity index (χ4n) is 3.51. The van der Waals surface area contributed by atoms with Crippen LogP contribution in [0, 0.1) is 13.8 Å². The smallest absolute Gasteiger partial charge is 0.244 e. The van der Waals surface area contributed by atoms with Gasteiger partial charge in [0.1, 0.15) is 10.8 Å². The lowest BCUT2D eigenvalue weighted by molar-refractivity contribution is -0.115. The van der Waals surface area contributed by atoms with Crippen LogP contribution >= 0.6 is 11.3 Å². The van der Waals surface area contributed by atoms with Crippen LogP contribution in [0.5, 0.6) is 0 Å². The number of sulfonamides is 1. The van der Waals surface area contributed by atoms with Gasteiger partial charge >= 0.3 is 0 Å². The van der Waals surface area contributed by atoms with Crippen LogP contribution in [-0.4, -0.2) is 25.1 Å². The van der Waals surface area contributed by atoms with Crippen LogP contribution in [0.2, 0.25) is 0 Å². The first-order valence-corrected chi connectivity index (χ1v) is 12.5. The molecule has 3 aromatic carbocycles. The summed E-state index contributed by atoms with van der Waals surface area (Å²) in [5.74, 6) is -1.64. The number of fused-ring (bicyclic) bond motifs is 1. The highest BCUT2D eigenvalue weighted by molar-refractivity contribution is 7.93. The first-order chi connectivity index (χ1) is 15.2. The van der Waals surface area contributed by atoms with Crippen molar-refractivity contribution in [1.29, 1.82) is 0 Å². The highest BCUT2D eigenvalue weighted by atomic mass is 32.2. The Morgan fingerprint density at radius 1 is 1.00 bits per heavy atom. The number of carbonyl (C=O) groups excluding carboxylic acids is 1. The van der Waals surface area contributed by atoms with Crippen LogP contribution in [0.25, 0.3) is 20.8 Å². The number of primary amides is 1. The minimum absolute atomic E-state index is 0.108. The predicted octanol–water partition coefficient (Wildman–Crippen LogP) is 4.40. The molecule has 0 bridgehead atoms. The number of hydrogen-bond acceptors (Lipinski definition) is 5. The molecule has 0 unspecified atom stereocenters. The van der Waals surface area contributed by atoms with Gasteiger partial charge in [-0.2, -0.15) is 0 Å². The number of anilines is 1. The third-order valence-electron chi connectivity index (χ3n) is 5.02. The molecular weight excluding hydrogens is 442 g/mol. The van der Waals surface area contributed by atoms with E-state index in [0.717, 1.165) is 31.9 Å². The Morgan fingerprint density at radius 2 is 1.72 bits per heavy atom. The summed E-state index contributed by atoms with van der Waals surface area (Å²) < 4.78 is 28.2. The first-order valence-electron chi connectivity index (χ1n) is 10.0. The van der Waals surface area contributed by atoms with Crippen molar-refractivity contribution < 1.29 is 13.2 Å². The normalized spacial score (nSPS) is 11.6. The zero-order chi connectivity index (χ0) is 22.9. The van der Waals surface area contributed by atoms with E-state index in [9.17, 15) is 13.2 Å². The van der Waals surface area contributed by atoms with E-state index in [2.05, 4.69) is 11.1 Å². The molecule has 1 aromatic heterocycles. The number of nitrogens with two attached hydrogens (primary N) is 1. The minimum atomic E-state index is -3.94. The molecule has 164 valence electrons. The Labute approximate surface area is 191 Å². The molecule has 0 fully saturated rings. The van der Waals surface area contributed by atoms with E-state index < -0.39 is 21.7 Å². The molecule has 32 heavy (non-hydrogen) atoms. The Balaban J connectivity index is 1.69. The molecule has 0 spiro atoms. The van der Waals surface area contributed by atoms with Crippen LogP contribution in [0.1, 0.15) is 16.7 Å². The number of rotatable bonds is 7. The van der Waals surface area contributed by atoms with Gasteiger partial charge in [0, 0.05) is 5.56 Å². The number of carbonyl (C=O) groups is 1. The van der Waals surface area contributed by atoms with Gasteiger partial charge in [-0.1, -0.05) is 35.9 Å². The van der Waals surface area contributed by atoms with Gasteiger partial charge in [0.15, 0.2) is 0 Å². The van der Waals surface area contributed by atoms with E-state index in [1.807, 2.05) is 62.4 Å². The molecule has 1 amide bonds. The minimum Gasteiger partial charge on any atom is -0.369 e. The lowest BCUT2D eigenvalue weighted by Crippen LogP contribution is -2.37. The number of hydrogen-bond donors (Lipinski definition) is 1. The quantitative estimate of drug-likeness (QED) is 0.438. The van der Waals surface area contributed by atoms with E-state index in [1.54, 1.807) is 23.5 Å². The van der Waals surface area contributed by atoms with E-state index in [-0.39, 0.29) is 6.54 Å². The van der Waals surface area contributed by atoms with Crippen molar-refractivity contribution in [3.8, 4) is 10.6 Å². The van der Waals surface area contributed by atoms with Crippen molar-refractivity contribution in [2.45, 2.75) is 20.4 Å². The lowest BCUT2D eigenvalue weighted by Gasteiger charge is -2.24. The van der Waals surface area contributed by atoms with Gasteiger partial charge in [-0.15, -0.1) is 11.3 Å². The van der Waals surface area contributed by atoms with Gasteiger partial charge in [0.2, 0.25) is 15.9 Å². The summed E-state index contributed by atoms with van der Waals surface area (Å²) in [6.07, 6.45) is 0. The average molecular weight is 466 g/mol. The fourth-order valence-corrected chi connectivity index (χ4v) is 5.88. The Hall–Kier alpha value is -3.23. The maximum absolute atomic E-state index is 12.9. The number of benzene rings is 3. The summed E-state index contributed by atoms with van der Waals surface area (Å²) in [5, 5.41) is 0.863. The second kappa shape index (κ2) is 8.72. The molecule has 0 aliphatic heterocycles. The first kappa shape index (κ1) is 22.0. The Kier molecular flexibility index (Phi) is 5.99. The Bertz CT molecular complexity index is 1390. The molecule has 8 heteroatoms. The van der Waals surface area contributed by atoms with Crippen LogP contribution in [-0.2, 0) is 21.4 Å². The molecule has 0 radical (unpaired) electrons. The van der Waals surface area contributed by atoms with Gasteiger partial charge in [-0.05, 0) is 61.4 Å². The second-order valence-electron chi connectivity index (χ2n) is 7.76. The zero-order valence-corrected chi connectivity index (χ0v) is 19.4. The summed E-state index contributed by atoms with van der Waals surface area (Å²) in [6.45, 7) is 4.10. The fraction of sp³-hybridized carbons (Fsp3) is 0.167. The monoisotopic (exact) mass is 465 g/mol. The molecule has 0 saturated carbocycles. The molecule has 4 aromatic rings. The third-order valence-corrected chi connectivity index (χ3v) is 7.74. The number of thiazole rings is 1. The molecule has 0 saturated heterocycles. The maximum atomic E-state index is 12.9. The van der Waals surface area contributed by atoms with Gasteiger partial charge in [0.25, 0.3) is 0 Å². The molecule has 1 heterocycles.